The van der Waals surface area contributed by atoms with Crippen LogP contribution in [-0.2, 0) is 0 Å². The summed E-state index contributed by atoms with van der Waals surface area (Å²) in [6.45, 7) is 0. The summed E-state index contributed by atoms with van der Waals surface area (Å²) in [5.41, 5.74) is 2.63. The maximum atomic E-state index is 2.55. The van der Waals surface area contributed by atoms with Crippen molar-refractivity contribution in [3.05, 3.63) is 176 Å². The molecule has 0 spiro atoms. The molecule has 1 fully saturated rings. The molecule has 6 aromatic rings. The van der Waals surface area contributed by atoms with Gasteiger partial charge in [-0.2, -0.15) is 0 Å². The average Bonchev–Trinajstić information content (AvgIpc) is 3.26. The van der Waals surface area contributed by atoms with Gasteiger partial charge >= 0.3 is 0 Å². The summed E-state index contributed by atoms with van der Waals surface area (Å²) in [7, 11) is -1.50. The lowest BCUT2D eigenvalue weighted by molar-refractivity contribution is 0.555. The summed E-state index contributed by atoms with van der Waals surface area (Å²) in [5.74, 6) is 0. The van der Waals surface area contributed by atoms with Gasteiger partial charge in [0.25, 0.3) is 0 Å². The van der Waals surface area contributed by atoms with Gasteiger partial charge in [-0.3, -0.25) is 0 Å². The topological polar surface area (TPSA) is 0 Å². The zero-order valence-corrected chi connectivity index (χ0v) is 37.6. The van der Waals surface area contributed by atoms with Gasteiger partial charge in [-0.05, 0) is 99.6 Å². The second-order valence-electron chi connectivity index (χ2n) is 14.4. The monoisotopic (exact) mass is 830 g/mol. The standard InChI is InChI=1S/C49H56P6/c1-2-4-6-8-25-41-50-52(46-29-17-11-18-30-46)54(48-33-21-13-22-34-48)55(49-35-23-14-24-36-49)53(47-31-19-12-20-32-47)51(42-26-9-7-5-3-1)45-39-37-44(38-40-45)43-27-15-10-16-28-43/h10-24,27-40,50H,1-9,25-26,41-42H2. The van der Waals surface area contributed by atoms with Crippen LogP contribution in [0.3, 0.4) is 0 Å². The van der Waals surface area contributed by atoms with Crippen molar-refractivity contribution in [1.29, 1.82) is 0 Å². The largest absolute Gasteiger partial charge is 0.0862 e. The van der Waals surface area contributed by atoms with Gasteiger partial charge in [0.2, 0.25) is 0 Å². The highest BCUT2D eigenvalue weighted by atomic mass is 32.8. The van der Waals surface area contributed by atoms with Crippen LogP contribution in [0.2, 0.25) is 0 Å². The van der Waals surface area contributed by atoms with Crippen molar-refractivity contribution in [3.63, 3.8) is 0 Å². The lowest BCUT2D eigenvalue weighted by Gasteiger charge is -2.43. The first-order valence-corrected chi connectivity index (χ1v) is 32.2. The van der Waals surface area contributed by atoms with E-state index in [0.717, 1.165) is 8.27 Å². The number of hydrogen-bond donors (Lipinski definition) is 0. The quantitative estimate of drug-likeness (QED) is 0.147. The van der Waals surface area contributed by atoms with Crippen LogP contribution in [-0.4, -0.2) is 12.3 Å². The van der Waals surface area contributed by atoms with E-state index in [4.69, 9.17) is 0 Å². The molecule has 0 saturated carbocycles. The van der Waals surface area contributed by atoms with Crippen molar-refractivity contribution in [1.82, 2.24) is 0 Å². The van der Waals surface area contributed by atoms with Crippen LogP contribution in [0.4, 0.5) is 0 Å². The summed E-state index contributed by atoms with van der Waals surface area (Å²) in [6.07, 6.45) is 18.0. The molecule has 1 aliphatic rings. The Morgan fingerprint density at radius 1 is 0.291 bits per heavy atom. The Kier molecular flexibility index (Phi) is 17.0. The Labute approximate surface area is 339 Å². The third-order valence-corrected chi connectivity index (χ3v) is 47.7. The molecule has 0 nitrogen and oxygen atoms in total. The smallest absolute Gasteiger partial charge is 0.00602 e. The minimum atomic E-state index is -0.564. The van der Waals surface area contributed by atoms with Crippen LogP contribution in [0, 0.1) is 0 Å². The molecule has 6 unspecified atom stereocenters. The van der Waals surface area contributed by atoms with Crippen molar-refractivity contribution in [2.24, 2.45) is 0 Å². The van der Waals surface area contributed by atoms with Crippen LogP contribution in [0.15, 0.2) is 176 Å². The van der Waals surface area contributed by atoms with E-state index in [1.807, 2.05) is 0 Å². The average molecular weight is 831 g/mol. The molecule has 0 aromatic heterocycles. The zero-order valence-electron chi connectivity index (χ0n) is 32.2. The summed E-state index contributed by atoms with van der Waals surface area (Å²) in [4.78, 5) is 0. The molecule has 6 heteroatoms. The van der Waals surface area contributed by atoms with E-state index in [9.17, 15) is 0 Å². The van der Waals surface area contributed by atoms with Crippen LogP contribution < -0.4 is 26.5 Å². The summed E-state index contributed by atoms with van der Waals surface area (Å²) in [6, 6.07) is 68.7. The molecule has 55 heavy (non-hydrogen) atoms. The molecule has 6 aromatic carbocycles. The van der Waals surface area contributed by atoms with Gasteiger partial charge in [0.05, 0.1) is 0 Å². The maximum Gasteiger partial charge on any atom is -0.00602 e. The molecule has 0 bridgehead atoms. The lowest BCUT2D eigenvalue weighted by atomic mass is 10.1. The number of benzene rings is 6. The van der Waals surface area contributed by atoms with Crippen molar-refractivity contribution >= 4 is 71.6 Å². The SMILES string of the molecule is c1ccc(-c2ccc(P3CCCCCCCCCCCCCPP(c4ccccc4)P(c4ccccc4)P(c4ccccc4)P3c3ccccc3)cc2)cc1. The Morgan fingerprint density at radius 2 is 0.673 bits per heavy atom. The first-order chi connectivity index (χ1) is 27.4. The Morgan fingerprint density at radius 3 is 1.18 bits per heavy atom. The van der Waals surface area contributed by atoms with E-state index in [-0.39, 0.29) is 0 Å². The van der Waals surface area contributed by atoms with Gasteiger partial charge in [-0.25, -0.2) is 0 Å². The fourth-order valence-corrected chi connectivity index (χ4v) is 59.0. The molecule has 1 heterocycles. The molecule has 6 atom stereocenters. The second-order valence-corrected chi connectivity index (χ2v) is 37.5. The molecular weight excluding hydrogens is 774 g/mol. The fraction of sp³-hybridized carbons (Fsp3) is 0.265. The van der Waals surface area contributed by atoms with Crippen molar-refractivity contribution in [2.75, 3.05) is 12.3 Å². The van der Waals surface area contributed by atoms with Crippen LogP contribution in [0.1, 0.15) is 70.6 Å². The van der Waals surface area contributed by atoms with E-state index in [0.29, 0.717) is 0 Å². The highest BCUT2D eigenvalue weighted by Gasteiger charge is 2.41. The van der Waals surface area contributed by atoms with E-state index in [2.05, 4.69) is 176 Å². The zero-order chi connectivity index (χ0) is 37.3. The van der Waals surface area contributed by atoms with Crippen LogP contribution >= 0.6 is 45.1 Å². The Bertz CT molecular complexity index is 1920. The maximum absolute atomic E-state index is 2.55. The summed E-state index contributed by atoms with van der Waals surface area (Å²) >= 11 is 0. The Hall–Kier alpha value is -2.10. The Balaban J connectivity index is 1.42. The minimum absolute atomic E-state index is 0.396. The van der Waals surface area contributed by atoms with Gasteiger partial charge in [0.1, 0.15) is 0 Å². The van der Waals surface area contributed by atoms with Crippen LogP contribution in [0.5, 0.6) is 0 Å². The first-order valence-electron chi connectivity index (χ1n) is 20.4. The highest BCUT2D eigenvalue weighted by Crippen LogP contribution is 3.03. The minimum Gasteiger partial charge on any atom is -0.0862 e. The van der Waals surface area contributed by atoms with Gasteiger partial charge in [0.15, 0.2) is 0 Å². The molecule has 0 amide bonds. The van der Waals surface area contributed by atoms with E-state index >= 15 is 0 Å². The van der Waals surface area contributed by atoms with Gasteiger partial charge in [-0.15, -0.1) is 0 Å². The highest BCUT2D eigenvalue weighted by molar-refractivity contribution is 8.95. The van der Waals surface area contributed by atoms with E-state index in [1.54, 1.807) is 26.5 Å². The third-order valence-electron chi connectivity index (χ3n) is 10.3. The molecule has 1 aliphatic heterocycles. The fourth-order valence-electron chi connectivity index (χ4n) is 7.43. The molecule has 0 radical (unpaired) electrons. The van der Waals surface area contributed by atoms with Crippen molar-refractivity contribution < 1.29 is 0 Å². The molecular formula is C49H56P6. The second kappa shape index (κ2) is 22.7. The number of rotatable bonds is 6. The molecule has 0 aliphatic carbocycles. The van der Waals surface area contributed by atoms with Gasteiger partial charge in [-0.1, -0.05) is 242 Å². The van der Waals surface area contributed by atoms with E-state index < -0.39 is 36.8 Å². The van der Waals surface area contributed by atoms with Gasteiger partial charge in [0, 0.05) is 0 Å². The first kappa shape index (κ1) is 41.1. The predicted octanol–water partition coefficient (Wildman–Crippen LogP) is 15.2. The lowest BCUT2D eigenvalue weighted by Crippen LogP contribution is -2.13. The summed E-state index contributed by atoms with van der Waals surface area (Å²) < 4.78 is 0. The van der Waals surface area contributed by atoms with Crippen molar-refractivity contribution in [3.8, 4) is 11.1 Å². The van der Waals surface area contributed by atoms with Gasteiger partial charge < -0.3 is 0 Å². The molecule has 0 N–H and O–H groups in total. The molecule has 282 valence electrons. The normalized spacial score (nSPS) is 22.9. The van der Waals surface area contributed by atoms with Crippen molar-refractivity contribution in [2.45, 2.75) is 70.6 Å². The number of hydrogen-bond acceptors (Lipinski definition) is 0. The summed E-state index contributed by atoms with van der Waals surface area (Å²) in [5, 5.41) is 8.09. The van der Waals surface area contributed by atoms with E-state index in [1.165, 1.54) is 94.1 Å². The predicted molar refractivity (Wildman–Crippen MR) is 259 cm³/mol. The van der Waals surface area contributed by atoms with Crippen LogP contribution in [0.25, 0.3) is 11.1 Å². The molecule has 1 saturated heterocycles. The third kappa shape index (κ3) is 11.7. The molecule has 7 rings (SSSR count).